The monoisotopic (exact) mass is 232 g/mol. The molecule has 17 heavy (non-hydrogen) atoms. The standard InChI is InChI=1S/C12H12N2O3/c13-9-4-8(5-10(14)6-9)12(15)17-7-11-2-1-3-16-11/h1-6H,7,13-14H2. The van der Waals surface area contributed by atoms with Gasteiger partial charge < -0.3 is 20.6 Å². The lowest BCUT2D eigenvalue weighted by atomic mass is 10.2. The maximum atomic E-state index is 11.7. The van der Waals surface area contributed by atoms with Crippen molar-refractivity contribution in [3.8, 4) is 0 Å². The highest BCUT2D eigenvalue weighted by Crippen LogP contribution is 2.15. The number of carbonyl (C=O) groups excluding carboxylic acids is 1. The summed E-state index contributed by atoms with van der Waals surface area (Å²) < 4.78 is 10.1. The van der Waals surface area contributed by atoms with Crippen LogP contribution in [0.4, 0.5) is 11.4 Å². The van der Waals surface area contributed by atoms with E-state index in [0.717, 1.165) is 0 Å². The molecule has 2 aromatic rings. The van der Waals surface area contributed by atoms with Crippen molar-refractivity contribution in [1.82, 2.24) is 0 Å². The van der Waals surface area contributed by atoms with Crippen LogP contribution in [-0.2, 0) is 11.3 Å². The van der Waals surface area contributed by atoms with Gasteiger partial charge in [0.1, 0.15) is 12.4 Å². The van der Waals surface area contributed by atoms with Gasteiger partial charge in [-0.3, -0.25) is 0 Å². The van der Waals surface area contributed by atoms with Crippen LogP contribution in [0.2, 0.25) is 0 Å². The Kier molecular flexibility index (Phi) is 3.00. The van der Waals surface area contributed by atoms with Crippen LogP contribution in [0.1, 0.15) is 16.1 Å². The van der Waals surface area contributed by atoms with Crippen molar-refractivity contribution in [2.45, 2.75) is 6.61 Å². The second-order valence-electron chi connectivity index (χ2n) is 3.54. The molecular formula is C12H12N2O3. The Hall–Kier alpha value is -2.43. The zero-order valence-electron chi connectivity index (χ0n) is 9.05. The van der Waals surface area contributed by atoms with Crippen LogP contribution >= 0.6 is 0 Å². The lowest BCUT2D eigenvalue weighted by molar-refractivity contribution is 0.0445. The lowest BCUT2D eigenvalue weighted by Crippen LogP contribution is -2.06. The molecular weight excluding hydrogens is 220 g/mol. The van der Waals surface area contributed by atoms with Gasteiger partial charge in [0.15, 0.2) is 0 Å². The van der Waals surface area contributed by atoms with Crippen molar-refractivity contribution in [1.29, 1.82) is 0 Å². The van der Waals surface area contributed by atoms with E-state index in [-0.39, 0.29) is 6.61 Å². The number of esters is 1. The van der Waals surface area contributed by atoms with Gasteiger partial charge in [0.2, 0.25) is 0 Å². The van der Waals surface area contributed by atoms with E-state index < -0.39 is 5.97 Å². The molecule has 0 spiro atoms. The zero-order chi connectivity index (χ0) is 12.3. The normalized spacial score (nSPS) is 10.1. The predicted molar refractivity (Wildman–Crippen MR) is 63.1 cm³/mol. The maximum Gasteiger partial charge on any atom is 0.338 e. The Labute approximate surface area is 98.0 Å². The van der Waals surface area contributed by atoms with Crippen molar-refractivity contribution >= 4 is 17.3 Å². The van der Waals surface area contributed by atoms with Crippen molar-refractivity contribution in [3.63, 3.8) is 0 Å². The van der Waals surface area contributed by atoms with Gasteiger partial charge in [0, 0.05) is 11.4 Å². The summed E-state index contributed by atoms with van der Waals surface area (Å²) in [5.41, 5.74) is 12.3. The number of furan rings is 1. The minimum Gasteiger partial charge on any atom is -0.466 e. The van der Waals surface area contributed by atoms with E-state index in [1.807, 2.05) is 0 Å². The molecule has 0 unspecified atom stereocenters. The highest BCUT2D eigenvalue weighted by molar-refractivity contribution is 5.91. The largest absolute Gasteiger partial charge is 0.466 e. The third-order valence-corrected chi connectivity index (χ3v) is 2.14. The van der Waals surface area contributed by atoms with Crippen LogP contribution in [0, 0.1) is 0 Å². The van der Waals surface area contributed by atoms with E-state index in [9.17, 15) is 4.79 Å². The zero-order valence-corrected chi connectivity index (χ0v) is 9.05. The number of ether oxygens (including phenoxy) is 1. The third-order valence-electron chi connectivity index (χ3n) is 2.14. The fraction of sp³-hybridized carbons (Fsp3) is 0.0833. The van der Waals surface area contributed by atoms with Gasteiger partial charge in [-0.1, -0.05) is 0 Å². The Morgan fingerprint density at radius 1 is 1.24 bits per heavy atom. The Bertz CT molecular complexity index is 500. The van der Waals surface area contributed by atoms with Crippen molar-refractivity contribution in [3.05, 3.63) is 47.9 Å². The number of rotatable bonds is 3. The van der Waals surface area contributed by atoms with E-state index in [1.54, 1.807) is 18.2 Å². The number of carbonyl (C=O) groups is 1. The lowest BCUT2D eigenvalue weighted by Gasteiger charge is -2.05. The van der Waals surface area contributed by atoms with E-state index in [0.29, 0.717) is 22.7 Å². The molecule has 1 heterocycles. The topological polar surface area (TPSA) is 91.5 Å². The first-order valence-electron chi connectivity index (χ1n) is 5.01. The van der Waals surface area contributed by atoms with Gasteiger partial charge >= 0.3 is 5.97 Å². The Morgan fingerprint density at radius 2 is 1.94 bits per heavy atom. The molecule has 0 saturated carbocycles. The van der Waals surface area contributed by atoms with Crippen LogP contribution in [0.25, 0.3) is 0 Å². The van der Waals surface area contributed by atoms with Crippen LogP contribution in [0.5, 0.6) is 0 Å². The number of hydrogen-bond donors (Lipinski definition) is 2. The molecule has 0 aliphatic rings. The summed E-state index contributed by atoms with van der Waals surface area (Å²) in [7, 11) is 0. The van der Waals surface area contributed by atoms with Gasteiger partial charge in [-0.05, 0) is 30.3 Å². The molecule has 0 atom stereocenters. The molecule has 2 rings (SSSR count). The van der Waals surface area contributed by atoms with Gasteiger partial charge in [0.05, 0.1) is 11.8 Å². The first kappa shape index (κ1) is 11.1. The molecule has 0 fully saturated rings. The summed E-state index contributed by atoms with van der Waals surface area (Å²) in [4.78, 5) is 11.7. The summed E-state index contributed by atoms with van der Waals surface area (Å²) in [6, 6.07) is 8.05. The molecule has 0 radical (unpaired) electrons. The molecule has 4 N–H and O–H groups in total. The van der Waals surface area contributed by atoms with E-state index in [1.165, 1.54) is 18.4 Å². The SMILES string of the molecule is Nc1cc(N)cc(C(=O)OCc2ccco2)c1. The molecule has 5 heteroatoms. The number of anilines is 2. The average Bonchev–Trinajstić information content (AvgIpc) is 2.77. The molecule has 1 aromatic heterocycles. The predicted octanol–water partition coefficient (Wildman–Crippen LogP) is 1.80. The van der Waals surface area contributed by atoms with Gasteiger partial charge in [-0.15, -0.1) is 0 Å². The van der Waals surface area contributed by atoms with Crippen LogP contribution < -0.4 is 11.5 Å². The van der Waals surface area contributed by atoms with Crippen LogP contribution in [0.3, 0.4) is 0 Å². The molecule has 0 amide bonds. The molecule has 0 aliphatic heterocycles. The highest BCUT2D eigenvalue weighted by Gasteiger charge is 2.09. The average molecular weight is 232 g/mol. The number of nitrogens with two attached hydrogens (primary N) is 2. The number of hydrogen-bond acceptors (Lipinski definition) is 5. The molecule has 0 saturated heterocycles. The summed E-state index contributed by atoms with van der Waals surface area (Å²) >= 11 is 0. The summed E-state index contributed by atoms with van der Waals surface area (Å²) in [6.45, 7) is 0.0839. The number of nitrogen functional groups attached to an aromatic ring is 2. The Balaban J connectivity index is 2.04. The first-order chi connectivity index (χ1) is 8.15. The molecule has 0 aliphatic carbocycles. The summed E-state index contributed by atoms with van der Waals surface area (Å²) in [6.07, 6.45) is 1.52. The highest BCUT2D eigenvalue weighted by atomic mass is 16.5. The fourth-order valence-corrected chi connectivity index (χ4v) is 1.41. The van der Waals surface area contributed by atoms with E-state index in [4.69, 9.17) is 20.6 Å². The minimum absolute atomic E-state index is 0.0839. The summed E-state index contributed by atoms with van der Waals surface area (Å²) in [5, 5.41) is 0. The van der Waals surface area contributed by atoms with Crippen molar-refractivity contribution < 1.29 is 13.9 Å². The van der Waals surface area contributed by atoms with Crippen LogP contribution in [0.15, 0.2) is 41.0 Å². The molecule has 1 aromatic carbocycles. The Morgan fingerprint density at radius 3 is 2.53 bits per heavy atom. The quantitative estimate of drug-likeness (QED) is 0.622. The van der Waals surface area contributed by atoms with Gasteiger partial charge in [-0.2, -0.15) is 0 Å². The van der Waals surface area contributed by atoms with Gasteiger partial charge in [0.25, 0.3) is 0 Å². The van der Waals surface area contributed by atoms with Gasteiger partial charge in [-0.25, -0.2) is 4.79 Å². The van der Waals surface area contributed by atoms with E-state index in [2.05, 4.69) is 0 Å². The molecule has 0 bridgehead atoms. The van der Waals surface area contributed by atoms with Crippen molar-refractivity contribution in [2.24, 2.45) is 0 Å². The number of benzene rings is 1. The summed E-state index contributed by atoms with van der Waals surface area (Å²) in [5.74, 6) is 0.0932. The maximum absolute atomic E-state index is 11.7. The third kappa shape index (κ3) is 2.78. The van der Waals surface area contributed by atoms with Crippen molar-refractivity contribution in [2.75, 3.05) is 11.5 Å². The minimum atomic E-state index is -0.486. The molecule has 5 nitrogen and oxygen atoms in total. The van der Waals surface area contributed by atoms with Crippen LogP contribution in [-0.4, -0.2) is 5.97 Å². The molecule has 88 valence electrons. The second-order valence-corrected chi connectivity index (χ2v) is 3.54. The second kappa shape index (κ2) is 4.61. The van der Waals surface area contributed by atoms with E-state index >= 15 is 0 Å². The fourth-order valence-electron chi connectivity index (χ4n) is 1.41. The first-order valence-corrected chi connectivity index (χ1v) is 5.01. The smallest absolute Gasteiger partial charge is 0.338 e.